The highest BCUT2D eigenvalue weighted by Gasteiger charge is 2.31. The molecule has 0 atom stereocenters. The molecular weight excluding hydrogens is 265 g/mol. The van der Waals surface area contributed by atoms with Crippen LogP contribution in [-0.2, 0) is 0 Å². The van der Waals surface area contributed by atoms with Gasteiger partial charge in [-0.2, -0.15) is 5.84 Å². The molecule has 0 spiro atoms. The van der Waals surface area contributed by atoms with Crippen LogP contribution in [0.25, 0.3) is 0 Å². The summed E-state index contributed by atoms with van der Waals surface area (Å²) >= 11 is 9.18. The third-order valence-corrected chi connectivity index (χ3v) is 3.79. The minimum absolute atomic E-state index is 0.486. The summed E-state index contributed by atoms with van der Waals surface area (Å²) < 4.78 is 1.30. The summed E-state index contributed by atoms with van der Waals surface area (Å²) in [5, 5.41) is 0.486. The highest BCUT2D eigenvalue weighted by atomic mass is 79.9. The zero-order chi connectivity index (χ0) is 10.2. The lowest BCUT2D eigenvalue weighted by Gasteiger charge is -2.26. The van der Waals surface area contributed by atoms with Crippen LogP contribution in [0.4, 0.5) is 5.69 Å². The second-order valence-electron chi connectivity index (χ2n) is 3.65. The Kier molecular flexibility index (Phi) is 2.79. The summed E-state index contributed by atoms with van der Waals surface area (Å²) in [5.74, 6) is 6.23. The van der Waals surface area contributed by atoms with Crippen molar-refractivity contribution in [1.82, 2.24) is 9.58 Å². The Bertz CT molecular complexity index is 350. The highest BCUT2D eigenvalue weighted by molar-refractivity contribution is 9.10. The van der Waals surface area contributed by atoms with Crippen LogP contribution in [0, 0.1) is 0 Å². The van der Waals surface area contributed by atoms with Crippen LogP contribution in [0.1, 0.15) is 12.8 Å². The van der Waals surface area contributed by atoms with Gasteiger partial charge in [-0.1, -0.05) is 11.6 Å². The number of nitrogens with zero attached hydrogens (tertiary/aromatic N) is 2. The van der Waals surface area contributed by atoms with E-state index in [-0.39, 0.29) is 0 Å². The Balaban J connectivity index is 2.36. The van der Waals surface area contributed by atoms with E-state index in [1.54, 1.807) is 6.20 Å². The molecule has 2 heterocycles. The maximum atomic E-state index is 6.23. The Labute approximate surface area is 96.6 Å². The minimum Gasteiger partial charge on any atom is -0.237 e. The van der Waals surface area contributed by atoms with Gasteiger partial charge in [0.2, 0.25) is 0 Å². The molecule has 0 aromatic carbocycles. The molecule has 0 saturated carbocycles. The molecule has 0 aliphatic carbocycles. The van der Waals surface area contributed by atoms with Crippen molar-refractivity contribution in [2.75, 3.05) is 13.1 Å². The lowest BCUT2D eigenvalue weighted by molar-refractivity contribution is 0.346. The SMILES string of the molecule is N[N+]1(c2cnc(Cl)c(Br)c2)CCCC1. The van der Waals surface area contributed by atoms with Crippen LogP contribution in [-0.4, -0.2) is 18.1 Å². The number of pyridine rings is 1. The minimum atomic E-state index is 0.486. The molecule has 1 aliphatic rings. The fourth-order valence-electron chi connectivity index (χ4n) is 1.81. The molecule has 14 heavy (non-hydrogen) atoms. The normalized spacial score (nSPS) is 19.9. The average molecular weight is 278 g/mol. The Hall–Kier alpha value is -0.160. The number of rotatable bonds is 1. The first-order chi connectivity index (χ1) is 6.62. The van der Waals surface area contributed by atoms with Crippen molar-refractivity contribution in [3.05, 3.63) is 21.9 Å². The molecule has 0 amide bonds. The van der Waals surface area contributed by atoms with Crippen molar-refractivity contribution in [3.8, 4) is 0 Å². The van der Waals surface area contributed by atoms with Crippen LogP contribution in [0.15, 0.2) is 16.7 Å². The van der Waals surface area contributed by atoms with Gasteiger partial charge in [0.25, 0.3) is 0 Å². The van der Waals surface area contributed by atoms with Crippen molar-refractivity contribution >= 4 is 33.2 Å². The van der Waals surface area contributed by atoms with E-state index in [1.165, 1.54) is 12.8 Å². The number of aromatic nitrogens is 1. The van der Waals surface area contributed by atoms with Crippen LogP contribution in [0.3, 0.4) is 0 Å². The molecule has 5 heteroatoms. The van der Waals surface area contributed by atoms with Crippen LogP contribution in [0.5, 0.6) is 0 Å². The molecule has 1 saturated heterocycles. The largest absolute Gasteiger partial charge is 0.237 e. The molecule has 0 unspecified atom stereocenters. The Morgan fingerprint density at radius 2 is 2.07 bits per heavy atom. The number of nitrogens with two attached hydrogens (primary N) is 1. The quantitative estimate of drug-likeness (QED) is 0.486. The molecule has 1 aromatic rings. The van der Waals surface area contributed by atoms with Gasteiger partial charge in [0, 0.05) is 18.9 Å². The van der Waals surface area contributed by atoms with Crippen molar-refractivity contribution < 1.29 is 0 Å². The van der Waals surface area contributed by atoms with Crippen molar-refractivity contribution in [2.45, 2.75) is 12.8 Å². The van der Waals surface area contributed by atoms with Gasteiger partial charge in [0.05, 0.1) is 10.7 Å². The van der Waals surface area contributed by atoms with E-state index in [0.29, 0.717) is 9.75 Å². The topological polar surface area (TPSA) is 38.9 Å². The smallest absolute Gasteiger partial charge is 0.171 e. The standard InChI is InChI=1S/C9H12BrClN3/c10-8-5-7(6-13-9(8)11)14(12)3-1-2-4-14/h5-6H,1-4,12H2/q+1. The van der Waals surface area contributed by atoms with Gasteiger partial charge >= 0.3 is 0 Å². The van der Waals surface area contributed by atoms with Gasteiger partial charge in [-0.05, 0) is 15.9 Å². The van der Waals surface area contributed by atoms with E-state index < -0.39 is 0 Å². The Morgan fingerprint density at radius 3 is 2.64 bits per heavy atom. The summed E-state index contributed by atoms with van der Waals surface area (Å²) in [7, 11) is 0. The van der Waals surface area contributed by atoms with E-state index in [4.69, 9.17) is 17.4 Å². The molecule has 1 fully saturated rings. The van der Waals surface area contributed by atoms with Gasteiger partial charge in [0.15, 0.2) is 5.69 Å². The second kappa shape index (κ2) is 3.77. The third kappa shape index (κ3) is 1.80. The maximum Gasteiger partial charge on any atom is 0.171 e. The monoisotopic (exact) mass is 276 g/mol. The van der Waals surface area contributed by atoms with Gasteiger partial charge in [-0.15, -0.1) is 0 Å². The zero-order valence-corrected chi connectivity index (χ0v) is 10.1. The lowest BCUT2D eigenvalue weighted by atomic mass is 10.3. The van der Waals surface area contributed by atoms with Gasteiger partial charge in [0.1, 0.15) is 18.2 Å². The molecule has 76 valence electrons. The Morgan fingerprint density at radius 1 is 1.43 bits per heavy atom. The first-order valence-electron chi connectivity index (χ1n) is 4.59. The molecule has 1 aromatic heterocycles. The number of hydrogen-bond donors (Lipinski definition) is 1. The van der Waals surface area contributed by atoms with E-state index in [2.05, 4.69) is 20.9 Å². The number of hydrogen-bond acceptors (Lipinski definition) is 2. The predicted molar refractivity (Wildman–Crippen MR) is 61.9 cm³/mol. The predicted octanol–water partition coefficient (Wildman–Crippen LogP) is 2.47. The first kappa shape index (κ1) is 10.4. The highest BCUT2D eigenvalue weighted by Crippen LogP contribution is 2.29. The van der Waals surface area contributed by atoms with Crippen LogP contribution < -0.4 is 10.4 Å². The fraction of sp³-hybridized carbons (Fsp3) is 0.444. The van der Waals surface area contributed by atoms with Gasteiger partial charge in [-0.25, -0.2) is 9.58 Å². The average Bonchev–Trinajstić information content (AvgIpc) is 2.58. The summed E-state index contributed by atoms with van der Waals surface area (Å²) in [6.45, 7) is 1.96. The zero-order valence-electron chi connectivity index (χ0n) is 7.71. The van der Waals surface area contributed by atoms with E-state index in [0.717, 1.165) is 23.2 Å². The first-order valence-corrected chi connectivity index (χ1v) is 5.76. The second-order valence-corrected chi connectivity index (χ2v) is 4.87. The van der Waals surface area contributed by atoms with E-state index >= 15 is 0 Å². The van der Waals surface area contributed by atoms with E-state index in [1.807, 2.05) is 6.07 Å². The van der Waals surface area contributed by atoms with Crippen molar-refractivity contribution in [2.24, 2.45) is 5.84 Å². The molecule has 2 rings (SSSR count). The lowest BCUT2D eigenvalue weighted by Crippen LogP contribution is -2.53. The number of quaternary nitrogens is 1. The summed E-state index contributed by atoms with van der Waals surface area (Å²) in [5.41, 5.74) is 1.03. The van der Waals surface area contributed by atoms with Gasteiger partial charge in [-0.3, -0.25) is 0 Å². The molecule has 0 radical (unpaired) electrons. The van der Waals surface area contributed by atoms with Crippen molar-refractivity contribution in [3.63, 3.8) is 0 Å². The summed E-state index contributed by atoms with van der Waals surface area (Å²) in [6.07, 6.45) is 4.12. The fourth-order valence-corrected chi connectivity index (χ4v) is 2.25. The molecule has 0 bridgehead atoms. The molecule has 3 nitrogen and oxygen atoms in total. The van der Waals surface area contributed by atoms with Gasteiger partial charge < -0.3 is 0 Å². The van der Waals surface area contributed by atoms with Crippen LogP contribution in [0.2, 0.25) is 5.15 Å². The molecule has 2 N–H and O–H groups in total. The maximum absolute atomic E-state index is 6.23. The summed E-state index contributed by atoms with van der Waals surface area (Å²) in [4.78, 5) is 4.09. The van der Waals surface area contributed by atoms with Crippen LogP contribution >= 0.6 is 27.5 Å². The van der Waals surface area contributed by atoms with Crippen molar-refractivity contribution in [1.29, 1.82) is 0 Å². The summed E-state index contributed by atoms with van der Waals surface area (Å²) in [6, 6.07) is 1.96. The third-order valence-electron chi connectivity index (χ3n) is 2.66. The molecular formula is C9H12BrClN3+. The number of halogens is 2. The molecule has 1 aliphatic heterocycles. The van der Waals surface area contributed by atoms with E-state index in [9.17, 15) is 0 Å².